The van der Waals surface area contributed by atoms with E-state index in [2.05, 4.69) is 65.6 Å². The molecule has 0 radical (unpaired) electrons. The first-order valence-electron chi connectivity index (χ1n) is 7.18. The van der Waals surface area contributed by atoms with E-state index >= 15 is 0 Å². The normalized spacial score (nSPS) is 20.9. The predicted molar refractivity (Wildman–Crippen MR) is 80.8 cm³/mol. The molecule has 1 saturated heterocycles. The van der Waals surface area contributed by atoms with Crippen LogP contribution in [-0.4, -0.2) is 18.1 Å². The molecule has 2 heteroatoms. The molecule has 0 amide bonds. The molecule has 100 valence electrons. The first-order chi connectivity index (χ1) is 9.93. The van der Waals surface area contributed by atoms with Crippen LogP contribution in [0.15, 0.2) is 54.6 Å². The average molecular weight is 263 g/mol. The monoisotopic (exact) mass is 263 g/mol. The fourth-order valence-corrected chi connectivity index (χ4v) is 3.10. The van der Waals surface area contributed by atoms with Gasteiger partial charge in [0.2, 0.25) is 0 Å². The molecule has 2 heterocycles. The molecule has 0 spiro atoms. The van der Waals surface area contributed by atoms with Crippen molar-refractivity contribution in [3.63, 3.8) is 0 Å². The maximum atomic E-state index is 6.05. The number of fused-ring (bicyclic) bond motifs is 3. The van der Waals surface area contributed by atoms with Crippen LogP contribution in [0, 0.1) is 0 Å². The summed E-state index contributed by atoms with van der Waals surface area (Å²) >= 11 is 0. The number of benzene rings is 2. The maximum absolute atomic E-state index is 6.05. The number of hydrogen-bond acceptors (Lipinski definition) is 2. The molecule has 0 aromatic heterocycles. The average Bonchev–Trinajstić information content (AvgIpc) is 2.55. The third-order valence-corrected chi connectivity index (χ3v) is 4.04. The molecule has 2 aliphatic rings. The lowest BCUT2D eigenvalue weighted by molar-refractivity contribution is -0.0700. The van der Waals surface area contributed by atoms with Crippen molar-refractivity contribution >= 4 is 11.8 Å². The van der Waals surface area contributed by atoms with Gasteiger partial charge in [-0.15, -0.1) is 0 Å². The van der Waals surface area contributed by atoms with Gasteiger partial charge in [0.25, 0.3) is 0 Å². The summed E-state index contributed by atoms with van der Waals surface area (Å²) in [5.74, 6) is 0. The smallest absolute Gasteiger partial charge is 0.157 e. The zero-order valence-electron chi connectivity index (χ0n) is 11.3. The van der Waals surface area contributed by atoms with Crippen LogP contribution >= 0.6 is 0 Å². The first kappa shape index (κ1) is 11.7. The van der Waals surface area contributed by atoms with Crippen LogP contribution in [0.4, 0.5) is 0 Å². The molecule has 1 unspecified atom stereocenters. The molecule has 2 aromatic rings. The van der Waals surface area contributed by atoms with Crippen LogP contribution < -0.4 is 0 Å². The molecule has 20 heavy (non-hydrogen) atoms. The number of ether oxygens (including phenoxy) is 1. The zero-order valence-corrected chi connectivity index (χ0v) is 11.3. The van der Waals surface area contributed by atoms with Crippen LogP contribution in [0.2, 0.25) is 0 Å². The highest BCUT2D eigenvalue weighted by Gasteiger charge is 2.31. The van der Waals surface area contributed by atoms with Crippen LogP contribution in [0.1, 0.15) is 29.3 Å². The minimum absolute atomic E-state index is 0.0696. The van der Waals surface area contributed by atoms with Gasteiger partial charge in [0.05, 0.1) is 6.61 Å². The molecule has 2 aliphatic heterocycles. The van der Waals surface area contributed by atoms with Crippen molar-refractivity contribution < 1.29 is 4.74 Å². The molecule has 4 rings (SSSR count). The summed E-state index contributed by atoms with van der Waals surface area (Å²) in [6, 6.07) is 19.1. The SMILES string of the molecule is C1=C(c2ccccc2)N2CCCOC2c2ccccc21. The van der Waals surface area contributed by atoms with Crippen molar-refractivity contribution in [2.75, 3.05) is 13.2 Å². The van der Waals surface area contributed by atoms with Crippen molar-refractivity contribution in [2.24, 2.45) is 0 Å². The summed E-state index contributed by atoms with van der Waals surface area (Å²) in [5, 5.41) is 0. The highest BCUT2D eigenvalue weighted by atomic mass is 16.5. The summed E-state index contributed by atoms with van der Waals surface area (Å²) in [7, 11) is 0. The van der Waals surface area contributed by atoms with E-state index in [9.17, 15) is 0 Å². The van der Waals surface area contributed by atoms with Crippen LogP contribution in [0.25, 0.3) is 11.8 Å². The van der Waals surface area contributed by atoms with E-state index in [4.69, 9.17) is 4.74 Å². The molecule has 1 atom stereocenters. The van der Waals surface area contributed by atoms with Crippen molar-refractivity contribution in [2.45, 2.75) is 12.6 Å². The maximum Gasteiger partial charge on any atom is 0.157 e. The minimum Gasteiger partial charge on any atom is -0.354 e. The van der Waals surface area contributed by atoms with Gasteiger partial charge in [0.15, 0.2) is 6.23 Å². The zero-order chi connectivity index (χ0) is 13.4. The molecule has 0 aliphatic carbocycles. The fourth-order valence-electron chi connectivity index (χ4n) is 3.10. The largest absolute Gasteiger partial charge is 0.354 e. The van der Waals surface area contributed by atoms with Crippen LogP contribution in [-0.2, 0) is 4.74 Å². The lowest BCUT2D eigenvalue weighted by Crippen LogP contribution is -2.37. The van der Waals surface area contributed by atoms with E-state index in [1.54, 1.807) is 0 Å². The van der Waals surface area contributed by atoms with Gasteiger partial charge in [-0.1, -0.05) is 54.6 Å². The minimum atomic E-state index is 0.0696. The van der Waals surface area contributed by atoms with E-state index in [1.165, 1.54) is 22.4 Å². The van der Waals surface area contributed by atoms with Gasteiger partial charge in [-0.05, 0) is 23.6 Å². The van der Waals surface area contributed by atoms with Crippen molar-refractivity contribution in [3.05, 3.63) is 71.3 Å². The van der Waals surface area contributed by atoms with Gasteiger partial charge in [-0.25, -0.2) is 0 Å². The number of rotatable bonds is 1. The Balaban J connectivity index is 1.87. The van der Waals surface area contributed by atoms with Gasteiger partial charge in [-0.2, -0.15) is 0 Å². The Hall–Kier alpha value is -2.06. The first-order valence-corrected chi connectivity index (χ1v) is 7.18. The molecule has 2 nitrogen and oxygen atoms in total. The van der Waals surface area contributed by atoms with E-state index in [0.717, 1.165) is 19.6 Å². The second kappa shape index (κ2) is 4.80. The Labute approximate surface area is 119 Å². The summed E-state index contributed by atoms with van der Waals surface area (Å²) in [5.41, 5.74) is 5.09. The Morgan fingerprint density at radius 3 is 2.65 bits per heavy atom. The molecule has 0 saturated carbocycles. The van der Waals surface area contributed by atoms with Crippen LogP contribution in [0.3, 0.4) is 0 Å². The van der Waals surface area contributed by atoms with E-state index < -0.39 is 0 Å². The quantitative estimate of drug-likeness (QED) is 0.773. The van der Waals surface area contributed by atoms with Crippen molar-refractivity contribution in [1.82, 2.24) is 4.90 Å². The second-order valence-electron chi connectivity index (χ2n) is 5.29. The summed E-state index contributed by atoms with van der Waals surface area (Å²) in [4.78, 5) is 2.39. The lowest BCUT2D eigenvalue weighted by atomic mass is 9.95. The Morgan fingerprint density at radius 2 is 1.75 bits per heavy atom. The highest BCUT2D eigenvalue weighted by molar-refractivity contribution is 5.83. The van der Waals surface area contributed by atoms with Gasteiger partial charge in [-0.3, -0.25) is 0 Å². The summed E-state index contributed by atoms with van der Waals surface area (Å²) in [6.45, 7) is 1.90. The van der Waals surface area contributed by atoms with Crippen molar-refractivity contribution in [3.8, 4) is 0 Å². The van der Waals surface area contributed by atoms with Gasteiger partial charge in [0.1, 0.15) is 0 Å². The van der Waals surface area contributed by atoms with E-state index in [-0.39, 0.29) is 6.23 Å². The van der Waals surface area contributed by atoms with E-state index in [1.807, 2.05) is 0 Å². The van der Waals surface area contributed by atoms with E-state index in [0.29, 0.717) is 0 Å². The molecule has 0 bridgehead atoms. The summed E-state index contributed by atoms with van der Waals surface area (Å²) in [6.07, 6.45) is 3.44. The van der Waals surface area contributed by atoms with Gasteiger partial charge < -0.3 is 9.64 Å². The van der Waals surface area contributed by atoms with Crippen LogP contribution in [0.5, 0.6) is 0 Å². The third-order valence-electron chi connectivity index (χ3n) is 4.04. The number of hydrogen-bond donors (Lipinski definition) is 0. The Kier molecular flexibility index (Phi) is 2.82. The lowest BCUT2D eigenvalue weighted by Gasteiger charge is -2.42. The van der Waals surface area contributed by atoms with Gasteiger partial charge in [0, 0.05) is 17.8 Å². The van der Waals surface area contributed by atoms with Crippen molar-refractivity contribution in [1.29, 1.82) is 0 Å². The standard InChI is InChI=1S/C18H17NO/c1-2-7-14(8-3-1)17-13-15-9-4-5-10-16(15)18-19(17)11-6-12-20-18/h1-5,7-10,13,18H,6,11-12H2. The topological polar surface area (TPSA) is 12.5 Å². The highest BCUT2D eigenvalue weighted by Crippen LogP contribution is 2.40. The third kappa shape index (κ3) is 1.84. The molecule has 2 aromatic carbocycles. The molecular formula is C18H17NO. The Bertz CT molecular complexity index is 647. The molecule has 0 N–H and O–H groups in total. The fraction of sp³-hybridized carbons (Fsp3) is 0.222. The predicted octanol–water partition coefficient (Wildman–Crippen LogP) is 3.92. The Morgan fingerprint density at radius 1 is 0.950 bits per heavy atom. The van der Waals surface area contributed by atoms with Gasteiger partial charge >= 0.3 is 0 Å². The number of nitrogens with zero attached hydrogens (tertiary/aromatic N) is 1. The summed E-state index contributed by atoms with van der Waals surface area (Å²) < 4.78 is 6.05. The molecule has 1 fully saturated rings. The second-order valence-corrected chi connectivity index (χ2v) is 5.29. The molecular weight excluding hydrogens is 246 g/mol.